The van der Waals surface area contributed by atoms with Gasteiger partial charge in [0.15, 0.2) is 0 Å². The Kier molecular flexibility index (Phi) is 6.67. The Labute approximate surface area is 185 Å². The smallest absolute Gasteiger partial charge is 0.303 e. The molecule has 1 aliphatic rings. The first kappa shape index (κ1) is 21.1. The number of carboxylic acid groups (broad SMARTS) is 1. The van der Waals surface area contributed by atoms with E-state index in [4.69, 9.17) is 9.84 Å². The number of ether oxygens (including phenoxy) is 1. The summed E-state index contributed by atoms with van der Waals surface area (Å²) in [4.78, 5) is 24.2. The number of carbonyl (C=O) groups is 2. The zero-order valence-corrected chi connectivity index (χ0v) is 17.9. The number of hydrogen-bond donors (Lipinski definition) is 2. The highest BCUT2D eigenvalue weighted by molar-refractivity contribution is 7.12. The van der Waals surface area contributed by atoms with Gasteiger partial charge < -0.3 is 15.2 Å². The van der Waals surface area contributed by atoms with Crippen molar-refractivity contribution in [3.8, 4) is 22.6 Å². The van der Waals surface area contributed by atoms with Crippen LogP contribution in [0.1, 0.15) is 41.8 Å². The molecule has 160 valence electrons. The fourth-order valence-corrected chi connectivity index (χ4v) is 4.78. The van der Waals surface area contributed by atoms with Gasteiger partial charge in [0, 0.05) is 12.5 Å². The monoisotopic (exact) mass is 435 g/mol. The second-order valence-electron chi connectivity index (χ2n) is 7.93. The molecule has 0 saturated heterocycles. The van der Waals surface area contributed by atoms with Crippen LogP contribution >= 0.6 is 11.3 Å². The van der Waals surface area contributed by atoms with Gasteiger partial charge in [0.25, 0.3) is 5.91 Å². The third kappa shape index (κ3) is 5.73. The van der Waals surface area contributed by atoms with Crippen molar-refractivity contribution in [2.24, 2.45) is 5.92 Å². The Bertz CT molecular complexity index is 1020. The SMILES string of the molecule is O=C(O)CC1CCC(NC(=O)c2cc(-c3ccc(Oc4ccccc4)cc3)cs2)CC1. The van der Waals surface area contributed by atoms with Gasteiger partial charge in [-0.15, -0.1) is 11.3 Å². The van der Waals surface area contributed by atoms with Crippen molar-refractivity contribution in [1.82, 2.24) is 5.32 Å². The molecule has 1 aromatic heterocycles. The van der Waals surface area contributed by atoms with Crippen molar-refractivity contribution in [3.05, 3.63) is 70.9 Å². The van der Waals surface area contributed by atoms with Crippen LogP contribution in [-0.4, -0.2) is 23.0 Å². The van der Waals surface area contributed by atoms with Gasteiger partial charge in [-0.25, -0.2) is 0 Å². The lowest BCUT2D eigenvalue weighted by Gasteiger charge is -2.28. The highest BCUT2D eigenvalue weighted by atomic mass is 32.1. The van der Waals surface area contributed by atoms with E-state index >= 15 is 0 Å². The maximum Gasteiger partial charge on any atom is 0.303 e. The first-order valence-electron chi connectivity index (χ1n) is 10.5. The van der Waals surface area contributed by atoms with Gasteiger partial charge in [0.2, 0.25) is 0 Å². The van der Waals surface area contributed by atoms with Crippen molar-refractivity contribution < 1.29 is 19.4 Å². The number of aliphatic carboxylic acids is 1. The third-order valence-electron chi connectivity index (χ3n) is 5.64. The molecule has 0 aliphatic heterocycles. The van der Waals surface area contributed by atoms with E-state index in [0.29, 0.717) is 4.88 Å². The quantitative estimate of drug-likeness (QED) is 0.479. The van der Waals surface area contributed by atoms with E-state index in [2.05, 4.69) is 5.32 Å². The van der Waals surface area contributed by atoms with Crippen LogP contribution in [0.5, 0.6) is 11.5 Å². The molecule has 4 rings (SSSR count). The maximum atomic E-state index is 12.7. The second-order valence-corrected chi connectivity index (χ2v) is 8.84. The average molecular weight is 436 g/mol. The highest BCUT2D eigenvalue weighted by Crippen LogP contribution is 2.30. The summed E-state index contributed by atoms with van der Waals surface area (Å²) in [6, 6.07) is 19.5. The van der Waals surface area contributed by atoms with Crippen molar-refractivity contribution >= 4 is 23.2 Å². The van der Waals surface area contributed by atoms with Crippen molar-refractivity contribution in [3.63, 3.8) is 0 Å². The van der Waals surface area contributed by atoms with Crippen molar-refractivity contribution in [1.29, 1.82) is 0 Å². The Morgan fingerprint density at radius 1 is 0.935 bits per heavy atom. The van der Waals surface area contributed by atoms with Crippen molar-refractivity contribution in [2.45, 2.75) is 38.1 Å². The van der Waals surface area contributed by atoms with Crippen LogP contribution in [0.4, 0.5) is 0 Å². The van der Waals surface area contributed by atoms with Crippen molar-refractivity contribution in [2.75, 3.05) is 0 Å². The van der Waals surface area contributed by atoms with Gasteiger partial charge in [0.1, 0.15) is 11.5 Å². The van der Waals surface area contributed by atoms with Crippen LogP contribution in [-0.2, 0) is 4.79 Å². The molecule has 1 fully saturated rings. The standard InChI is InChI=1S/C25H25NO4S/c27-24(28)14-17-6-10-20(11-7-17)26-25(29)23-15-19(16-31-23)18-8-12-22(13-9-18)30-21-4-2-1-3-5-21/h1-5,8-9,12-13,15-17,20H,6-7,10-11,14H2,(H,26,29)(H,27,28). The van der Waals surface area contributed by atoms with Gasteiger partial charge in [-0.1, -0.05) is 30.3 Å². The summed E-state index contributed by atoms with van der Waals surface area (Å²) in [7, 11) is 0. The lowest BCUT2D eigenvalue weighted by Crippen LogP contribution is -2.37. The summed E-state index contributed by atoms with van der Waals surface area (Å²) in [6.07, 6.45) is 3.61. The number of nitrogens with one attached hydrogen (secondary N) is 1. The molecule has 1 aliphatic carbocycles. The molecule has 1 heterocycles. The molecule has 2 N–H and O–H groups in total. The Morgan fingerprint density at radius 2 is 1.61 bits per heavy atom. The maximum absolute atomic E-state index is 12.7. The third-order valence-corrected chi connectivity index (χ3v) is 6.56. The molecular weight excluding hydrogens is 410 g/mol. The molecule has 1 saturated carbocycles. The molecule has 1 amide bonds. The van der Waals surface area contributed by atoms with Crippen LogP contribution in [0.2, 0.25) is 0 Å². The normalized spacial score (nSPS) is 18.3. The van der Waals surface area contributed by atoms with E-state index < -0.39 is 5.97 Å². The first-order chi connectivity index (χ1) is 15.1. The highest BCUT2D eigenvalue weighted by Gasteiger charge is 2.24. The summed E-state index contributed by atoms with van der Waals surface area (Å²) in [5, 5.41) is 14.0. The fraction of sp³-hybridized carbons (Fsp3) is 0.280. The van der Waals surface area contributed by atoms with Crippen LogP contribution < -0.4 is 10.1 Å². The van der Waals surface area contributed by atoms with Gasteiger partial charge in [-0.2, -0.15) is 0 Å². The zero-order valence-electron chi connectivity index (χ0n) is 17.1. The predicted octanol–water partition coefficient (Wildman–Crippen LogP) is 5.97. The minimum Gasteiger partial charge on any atom is -0.481 e. The van der Waals surface area contributed by atoms with E-state index in [-0.39, 0.29) is 24.3 Å². The van der Waals surface area contributed by atoms with Crippen LogP contribution in [0.15, 0.2) is 66.0 Å². The molecule has 6 heteroatoms. The molecule has 0 atom stereocenters. The minimum absolute atomic E-state index is 0.0537. The number of carboxylic acids is 1. The molecular formula is C25H25NO4S. The summed E-state index contributed by atoms with van der Waals surface area (Å²) in [5.41, 5.74) is 2.04. The number of rotatable bonds is 7. The number of amides is 1. The second kappa shape index (κ2) is 9.79. The largest absolute Gasteiger partial charge is 0.481 e. The number of benzene rings is 2. The van der Waals surface area contributed by atoms with E-state index in [9.17, 15) is 9.59 Å². The van der Waals surface area contributed by atoms with E-state index in [1.807, 2.05) is 66.0 Å². The molecule has 0 spiro atoms. The Morgan fingerprint density at radius 3 is 2.29 bits per heavy atom. The summed E-state index contributed by atoms with van der Waals surface area (Å²) in [5.74, 6) is 0.997. The van der Waals surface area contributed by atoms with Gasteiger partial charge in [-0.05, 0) is 78.4 Å². The molecule has 0 unspecified atom stereocenters. The van der Waals surface area contributed by atoms with E-state index in [1.54, 1.807) is 0 Å². The lowest BCUT2D eigenvalue weighted by atomic mass is 9.84. The number of hydrogen-bond acceptors (Lipinski definition) is 4. The van der Waals surface area contributed by atoms with Gasteiger partial charge in [0.05, 0.1) is 4.88 Å². The molecule has 0 bridgehead atoms. The number of thiophene rings is 1. The summed E-state index contributed by atoms with van der Waals surface area (Å²) < 4.78 is 5.83. The topological polar surface area (TPSA) is 75.6 Å². The Balaban J connectivity index is 1.32. The van der Waals surface area contributed by atoms with Crippen LogP contribution in [0.3, 0.4) is 0 Å². The Hall–Kier alpha value is -3.12. The van der Waals surface area contributed by atoms with E-state index in [1.165, 1.54) is 11.3 Å². The van der Waals surface area contributed by atoms with Gasteiger partial charge >= 0.3 is 5.97 Å². The molecule has 31 heavy (non-hydrogen) atoms. The average Bonchev–Trinajstić information content (AvgIpc) is 3.27. The minimum atomic E-state index is -0.738. The zero-order chi connectivity index (χ0) is 21.6. The molecule has 0 radical (unpaired) electrons. The van der Waals surface area contributed by atoms with Crippen LogP contribution in [0.25, 0.3) is 11.1 Å². The molecule has 5 nitrogen and oxygen atoms in total. The lowest BCUT2D eigenvalue weighted by molar-refractivity contribution is -0.138. The summed E-state index contributed by atoms with van der Waals surface area (Å²) >= 11 is 1.44. The van der Waals surface area contributed by atoms with E-state index in [0.717, 1.165) is 48.3 Å². The predicted molar refractivity (Wildman–Crippen MR) is 122 cm³/mol. The molecule has 3 aromatic rings. The summed E-state index contributed by atoms with van der Waals surface area (Å²) in [6.45, 7) is 0. The first-order valence-corrected chi connectivity index (χ1v) is 11.4. The van der Waals surface area contributed by atoms with Crippen LogP contribution in [0, 0.1) is 5.92 Å². The number of carbonyl (C=O) groups excluding carboxylic acids is 1. The number of para-hydroxylation sites is 1. The fourth-order valence-electron chi connectivity index (χ4n) is 3.96. The van der Waals surface area contributed by atoms with Gasteiger partial charge in [-0.3, -0.25) is 9.59 Å². The molecule has 2 aromatic carbocycles.